The Labute approximate surface area is 182 Å². The van der Waals surface area contributed by atoms with E-state index in [1.165, 1.54) is 4.90 Å². The summed E-state index contributed by atoms with van der Waals surface area (Å²) in [5, 5.41) is 14.1. The van der Waals surface area contributed by atoms with Crippen molar-refractivity contribution in [2.24, 2.45) is 17.8 Å². The van der Waals surface area contributed by atoms with Crippen LogP contribution in [0.15, 0.2) is 18.3 Å². The lowest BCUT2D eigenvalue weighted by atomic mass is 9.53. The molecule has 0 radical (unpaired) electrons. The van der Waals surface area contributed by atoms with Crippen molar-refractivity contribution in [3.05, 3.63) is 23.9 Å². The van der Waals surface area contributed by atoms with Gasteiger partial charge in [0.05, 0.1) is 11.2 Å². The van der Waals surface area contributed by atoms with Gasteiger partial charge in [-0.05, 0) is 68.4 Å². The third-order valence-electron chi connectivity index (χ3n) is 7.62. The Morgan fingerprint density at radius 1 is 1.26 bits per heavy atom. The predicted octanol–water partition coefficient (Wildman–Crippen LogP) is 2.35. The number of carbonyl (C=O) groups is 2. The Morgan fingerprint density at radius 2 is 2.00 bits per heavy atom. The standard InChI is InChI=1S/C23H32N4O4/c1-26(2)21(28)18-4-3-6-24-20(18)25-17-5-7-27(13-17)22(29)31-19-15-8-14-9-16(19)12-23(30,10-14)11-15/h3-4,6,14-17,19,30H,5,7-13H2,1-2H3,(H,24,25)/t14?,15-,16-,17?,19?,23?/m1/s1. The highest BCUT2D eigenvalue weighted by molar-refractivity contribution is 5.98. The zero-order valence-corrected chi connectivity index (χ0v) is 18.3. The third-order valence-corrected chi connectivity index (χ3v) is 7.62. The summed E-state index contributed by atoms with van der Waals surface area (Å²) in [6, 6.07) is 3.54. The lowest BCUT2D eigenvalue weighted by molar-refractivity contribution is -0.177. The van der Waals surface area contributed by atoms with Crippen LogP contribution in [0.3, 0.4) is 0 Å². The molecule has 6 rings (SSSR count). The summed E-state index contributed by atoms with van der Waals surface area (Å²) >= 11 is 0. The molecule has 4 aliphatic carbocycles. The predicted molar refractivity (Wildman–Crippen MR) is 115 cm³/mol. The minimum atomic E-state index is -0.521. The van der Waals surface area contributed by atoms with Gasteiger partial charge < -0.3 is 25.0 Å². The number of anilines is 1. The van der Waals surface area contributed by atoms with E-state index in [1.54, 1.807) is 37.3 Å². The van der Waals surface area contributed by atoms with E-state index in [4.69, 9.17) is 4.74 Å². The van der Waals surface area contributed by atoms with Crippen LogP contribution >= 0.6 is 0 Å². The summed E-state index contributed by atoms with van der Waals surface area (Å²) in [5.41, 5.74) is 0.00645. The fraction of sp³-hybridized carbons (Fsp3) is 0.696. The molecule has 3 atom stereocenters. The maximum absolute atomic E-state index is 12.9. The van der Waals surface area contributed by atoms with E-state index in [1.807, 2.05) is 0 Å². The summed E-state index contributed by atoms with van der Waals surface area (Å²) in [4.78, 5) is 33.0. The highest BCUT2D eigenvalue weighted by Gasteiger charge is 2.56. The van der Waals surface area contributed by atoms with Crippen LogP contribution in [0.4, 0.5) is 10.6 Å². The fourth-order valence-corrected chi connectivity index (χ4v) is 6.49. The summed E-state index contributed by atoms with van der Waals surface area (Å²) in [7, 11) is 3.43. The molecule has 1 aromatic rings. The molecule has 2 heterocycles. The number of carbonyl (C=O) groups excluding carboxylic acids is 2. The van der Waals surface area contributed by atoms with E-state index in [2.05, 4.69) is 10.3 Å². The average Bonchev–Trinajstić information content (AvgIpc) is 3.18. The summed E-state index contributed by atoms with van der Waals surface area (Å²) in [5.74, 6) is 1.63. The summed E-state index contributed by atoms with van der Waals surface area (Å²) < 4.78 is 6.02. The molecule has 4 saturated carbocycles. The maximum Gasteiger partial charge on any atom is 0.410 e. The number of nitrogens with zero attached hydrogens (tertiary/aromatic N) is 3. The van der Waals surface area contributed by atoms with Gasteiger partial charge in [0.2, 0.25) is 0 Å². The number of nitrogens with one attached hydrogen (secondary N) is 1. The average molecular weight is 429 g/mol. The first-order valence-electron chi connectivity index (χ1n) is 11.4. The van der Waals surface area contributed by atoms with Crippen LogP contribution in [0.2, 0.25) is 0 Å². The maximum atomic E-state index is 12.9. The fourth-order valence-electron chi connectivity index (χ4n) is 6.49. The van der Waals surface area contributed by atoms with Crippen molar-refractivity contribution in [1.29, 1.82) is 0 Å². The molecule has 168 valence electrons. The zero-order valence-electron chi connectivity index (χ0n) is 18.3. The number of hydrogen-bond acceptors (Lipinski definition) is 6. The van der Waals surface area contributed by atoms with Crippen molar-refractivity contribution in [3.63, 3.8) is 0 Å². The highest BCUT2D eigenvalue weighted by Crippen LogP contribution is 2.56. The first kappa shape index (κ1) is 20.5. The monoisotopic (exact) mass is 428 g/mol. The second-order valence-corrected chi connectivity index (χ2v) is 10.2. The second-order valence-electron chi connectivity index (χ2n) is 10.2. The van der Waals surface area contributed by atoms with Crippen molar-refractivity contribution >= 4 is 17.8 Å². The lowest BCUT2D eigenvalue weighted by Gasteiger charge is -2.57. The van der Waals surface area contributed by atoms with Crippen molar-refractivity contribution < 1.29 is 19.4 Å². The summed E-state index contributed by atoms with van der Waals surface area (Å²) in [6.07, 6.45) is 6.74. The van der Waals surface area contributed by atoms with Crippen LogP contribution < -0.4 is 5.32 Å². The van der Waals surface area contributed by atoms with Gasteiger partial charge in [-0.2, -0.15) is 0 Å². The topological polar surface area (TPSA) is 95.0 Å². The van der Waals surface area contributed by atoms with Gasteiger partial charge in [-0.25, -0.2) is 9.78 Å². The quantitative estimate of drug-likeness (QED) is 0.764. The minimum Gasteiger partial charge on any atom is -0.446 e. The molecule has 1 aliphatic heterocycles. The molecular weight excluding hydrogens is 396 g/mol. The van der Waals surface area contributed by atoms with E-state index in [0.29, 0.717) is 42.2 Å². The van der Waals surface area contributed by atoms with Gasteiger partial charge in [-0.15, -0.1) is 0 Å². The lowest BCUT2D eigenvalue weighted by Crippen LogP contribution is -2.58. The number of aliphatic hydroxyl groups is 1. The Balaban J connectivity index is 1.19. The van der Waals surface area contributed by atoms with Crippen LogP contribution in [0.25, 0.3) is 0 Å². The van der Waals surface area contributed by atoms with Gasteiger partial charge in [-0.1, -0.05) is 0 Å². The molecule has 2 N–H and O–H groups in total. The number of amides is 2. The number of hydrogen-bond donors (Lipinski definition) is 2. The Bertz CT molecular complexity index is 859. The van der Waals surface area contributed by atoms with E-state index < -0.39 is 5.60 Å². The van der Waals surface area contributed by atoms with Gasteiger partial charge >= 0.3 is 6.09 Å². The molecule has 0 spiro atoms. The van der Waals surface area contributed by atoms with E-state index >= 15 is 0 Å². The number of aromatic nitrogens is 1. The van der Waals surface area contributed by atoms with Crippen LogP contribution in [0, 0.1) is 17.8 Å². The molecule has 8 nitrogen and oxygen atoms in total. The van der Waals surface area contributed by atoms with Crippen molar-refractivity contribution in [2.45, 2.75) is 56.3 Å². The number of pyridine rings is 1. The van der Waals surface area contributed by atoms with Gasteiger partial charge in [-0.3, -0.25) is 4.79 Å². The normalized spacial score (nSPS) is 35.8. The van der Waals surface area contributed by atoms with Gasteiger partial charge in [0.15, 0.2) is 0 Å². The van der Waals surface area contributed by atoms with Crippen LogP contribution in [-0.2, 0) is 4.74 Å². The SMILES string of the molecule is CN(C)C(=O)c1cccnc1NC1CCN(C(=O)OC2[C@@H]3CC4C[C@@H]2CC(O)(C4)C3)C1. The van der Waals surface area contributed by atoms with E-state index in [9.17, 15) is 14.7 Å². The molecule has 5 aliphatic rings. The molecule has 4 bridgehead atoms. The Morgan fingerprint density at radius 3 is 2.68 bits per heavy atom. The zero-order chi connectivity index (χ0) is 21.8. The molecule has 5 fully saturated rings. The first-order valence-corrected chi connectivity index (χ1v) is 11.4. The van der Waals surface area contributed by atoms with E-state index in [-0.39, 0.29) is 24.1 Å². The Kier molecular flexibility index (Phi) is 5.07. The van der Waals surface area contributed by atoms with Crippen molar-refractivity contribution in [2.75, 3.05) is 32.5 Å². The molecule has 2 amide bonds. The van der Waals surface area contributed by atoms with Gasteiger partial charge in [0.25, 0.3) is 5.91 Å². The molecule has 1 aromatic heterocycles. The van der Waals surface area contributed by atoms with Gasteiger partial charge in [0.1, 0.15) is 11.9 Å². The van der Waals surface area contributed by atoms with Crippen LogP contribution in [-0.4, -0.2) is 76.8 Å². The largest absolute Gasteiger partial charge is 0.446 e. The second kappa shape index (κ2) is 7.65. The molecule has 8 heteroatoms. The first-order chi connectivity index (χ1) is 14.8. The highest BCUT2D eigenvalue weighted by atomic mass is 16.6. The Hall–Kier alpha value is -2.35. The molecule has 1 unspecified atom stereocenters. The molecule has 0 aromatic carbocycles. The van der Waals surface area contributed by atoms with Crippen LogP contribution in [0.1, 0.15) is 48.9 Å². The van der Waals surface area contributed by atoms with Crippen LogP contribution in [0.5, 0.6) is 0 Å². The molecule has 1 saturated heterocycles. The van der Waals surface area contributed by atoms with E-state index in [0.717, 1.165) is 38.5 Å². The number of likely N-dealkylation sites (tertiary alicyclic amines) is 1. The van der Waals surface area contributed by atoms with Gasteiger partial charge in [0, 0.05) is 39.4 Å². The van der Waals surface area contributed by atoms with Crippen molar-refractivity contribution in [3.8, 4) is 0 Å². The molecule has 31 heavy (non-hydrogen) atoms. The smallest absolute Gasteiger partial charge is 0.410 e. The minimum absolute atomic E-state index is 0.0235. The van der Waals surface area contributed by atoms with Crippen molar-refractivity contribution in [1.82, 2.24) is 14.8 Å². The third kappa shape index (κ3) is 3.86. The number of ether oxygens (including phenoxy) is 1. The molecular formula is C23H32N4O4. The number of rotatable bonds is 4. The summed E-state index contributed by atoms with van der Waals surface area (Å²) in [6.45, 7) is 1.15.